The van der Waals surface area contributed by atoms with Crippen molar-refractivity contribution in [2.45, 2.75) is 13.0 Å². The van der Waals surface area contributed by atoms with E-state index in [1.54, 1.807) is 24.3 Å². The van der Waals surface area contributed by atoms with Crippen molar-refractivity contribution in [1.29, 1.82) is 0 Å². The van der Waals surface area contributed by atoms with Gasteiger partial charge < -0.3 is 5.32 Å². The average molecular weight is 416 g/mol. The van der Waals surface area contributed by atoms with Crippen molar-refractivity contribution in [2.75, 3.05) is 5.32 Å². The van der Waals surface area contributed by atoms with Gasteiger partial charge in [-0.2, -0.15) is 5.10 Å². The number of rotatable bonds is 5. The van der Waals surface area contributed by atoms with Crippen LogP contribution < -0.4 is 5.32 Å². The van der Waals surface area contributed by atoms with Crippen LogP contribution in [0.1, 0.15) is 11.1 Å². The molecule has 0 fully saturated rings. The molecule has 1 N–H and O–H groups in total. The molecule has 0 aliphatic rings. The Bertz CT molecular complexity index is 1020. The van der Waals surface area contributed by atoms with Crippen molar-refractivity contribution >= 4 is 23.3 Å². The van der Waals surface area contributed by atoms with E-state index in [4.69, 9.17) is 11.6 Å². The standard InChI is InChI=1S/C18H11ClF5N3O/c19-11-4-2-1-3-9(11)8-27-12(5-6-25-27)26-13(28)7-10-14(20)16(22)18(24)17(23)15(10)21/h1-6H,7-8H2,(H,26,28). The maximum atomic E-state index is 13.7. The fraction of sp³-hybridized carbons (Fsp3) is 0.111. The predicted octanol–water partition coefficient (Wildman–Crippen LogP) is 4.46. The van der Waals surface area contributed by atoms with Crippen LogP contribution >= 0.6 is 11.6 Å². The summed E-state index contributed by atoms with van der Waals surface area (Å²) in [5, 5.41) is 6.82. The minimum Gasteiger partial charge on any atom is -0.311 e. The lowest BCUT2D eigenvalue weighted by Gasteiger charge is -2.11. The molecule has 0 saturated heterocycles. The first-order valence-corrected chi connectivity index (χ1v) is 8.22. The summed E-state index contributed by atoms with van der Waals surface area (Å²) in [4.78, 5) is 12.1. The molecular formula is C18H11ClF5N3O. The van der Waals surface area contributed by atoms with Gasteiger partial charge in [0.15, 0.2) is 23.3 Å². The van der Waals surface area contributed by atoms with Gasteiger partial charge in [-0.3, -0.25) is 4.79 Å². The monoisotopic (exact) mass is 415 g/mol. The maximum Gasteiger partial charge on any atom is 0.230 e. The smallest absolute Gasteiger partial charge is 0.230 e. The number of carbonyl (C=O) groups is 1. The first-order valence-electron chi connectivity index (χ1n) is 7.85. The molecule has 0 saturated carbocycles. The summed E-state index contributed by atoms with van der Waals surface area (Å²) in [5.41, 5.74) is -0.519. The molecule has 0 atom stereocenters. The third kappa shape index (κ3) is 3.84. The largest absolute Gasteiger partial charge is 0.311 e. The molecule has 0 unspecified atom stereocenters. The highest BCUT2D eigenvalue weighted by molar-refractivity contribution is 6.31. The first kappa shape index (κ1) is 19.8. The Hall–Kier alpha value is -2.94. The van der Waals surface area contributed by atoms with Crippen molar-refractivity contribution in [3.8, 4) is 0 Å². The number of nitrogens with zero attached hydrogens (tertiary/aromatic N) is 2. The second-order valence-corrected chi connectivity index (χ2v) is 6.15. The van der Waals surface area contributed by atoms with Gasteiger partial charge in [-0.1, -0.05) is 29.8 Å². The molecule has 0 radical (unpaired) electrons. The summed E-state index contributed by atoms with van der Waals surface area (Å²) < 4.78 is 68.4. The Morgan fingerprint density at radius 1 is 0.964 bits per heavy atom. The van der Waals surface area contributed by atoms with Crippen molar-refractivity contribution < 1.29 is 26.7 Å². The quantitative estimate of drug-likeness (QED) is 0.380. The fourth-order valence-electron chi connectivity index (χ4n) is 2.51. The fourth-order valence-corrected chi connectivity index (χ4v) is 2.70. The molecule has 146 valence electrons. The summed E-state index contributed by atoms with van der Waals surface area (Å²) in [5.74, 6) is -11.4. The molecule has 1 amide bonds. The number of anilines is 1. The maximum absolute atomic E-state index is 13.7. The lowest BCUT2D eigenvalue weighted by Crippen LogP contribution is -2.20. The minimum absolute atomic E-state index is 0.161. The van der Waals surface area contributed by atoms with Gasteiger partial charge in [-0.05, 0) is 11.6 Å². The molecule has 0 spiro atoms. The zero-order valence-corrected chi connectivity index (χ0v) is 14.7. The lowest BCUT2D eigenvalue weighted by molar-refractivity contribution is -0.115. The van der Waals surface area contributed by atoms with E-state index in [2.05, 4.69) is 10.4 Å². The van der Waals surface area contributed by atoms with Gasteiger partial charge in [-0.25, -0.2) is 26.6 Å². The van der Waals surface area contributed by atoms with E-state index in [9.17, 15) is 26.7 Å². The Labute approximate surface area is 160 Å². The van der Waals surface area contributed by atoms with Crippen molar-refractivity contribution in [3.05, 3.63) is 81.8 Å². The van der Waals surface area contributed by atoms with Gasteiger partial charge in [-0.15, -0.1) is 0 Å². The zero-order chi connectivity index (χ0) is 20.4. The third-order valence-corrected chi connectivity index (χ3v) is 4.27. The van der Waals surface area contributed by atoms with Crippen LogP contribution in [0.2, 0.25) is 5.02 Å². The normalized spacial score (nSPS) is 10.9. The number of aromatic nitrogens is 2. The van der Waals surface area contributed by atoms with Gasteiger partial charge in [0.25, 0.3) is 0 Å². The number of hydrogen-bond donors (Lipinski definition) is 1. The van der Waals surface area contributed by atoms with Gasteiger partial charge in [0, 0.05) is 16.7 Å². The summed E-state index contributed by atoms with van der Waals surface area (Å²) in [6, 6.07) is 8.31. The zero-order valence-electron chi connectivity index (χ0n) is 13.9. The van der Waals surface area contributed by atoms with Crippen LogP contribution in [-0.2, 0) is 17.8 Å². The molecular weight excluding hydrogens is 405 g/mol. The van der Waals surface area contributed by atoms with Gasteiger partial charge in [0.1, 0.15) is 5.82 Å². The predicted molar refractivity (Wildman–Crippen MR) is 91.3 cm³/mol. The van der Waals surface area contributed by atoms with Gasteiger partial charge in [0.05, 0.1) is 19.2 Å². The number of benzene rings is 2. The van der Waals surface area contributed by atoms with Crippen LogP contribution in [-0.4, -0.2) is 15.7 Å². The number of amides is 1. The van der Waals surface area contributed by atoms with E-state index in [0.29, 0.717) is 10.6 Å². The molecule has 3 aromatic rings. The van der Waals surface area contributed by atoms with Crippen LogP contribution in [0.4, 0.5) is 27.8 Å². The molecule has 10 heteroatoms. The second kappa shape index (κ2) is 7.97. The molecule has 0 aliphatic heterocycles. The van der Waals surface area contributed by atoms with Crippen molar-refractivity contribution in [1.82, 2.24) is 9.78 Å². The highest BCUT2D eigenvalue weighted by Crippen LogP contribution is 2.24. The second-order valence-electron chi connectivity index (χ2n) is 5.74. The molecule has 1 heterocycles. The van der Waals surface area contributed by atoms with E-state index in [1.165, 1.54) is 16.9 Å². The van der Waals surface area contributed by atoms with Crippen LogP contribution in [0.5, 0.6) is 0 Å². The van der Waals surface area contributed by atoms with Gasteiger partial charge in [0.2, 0.25) is 11.7 Å². The lowest BCUT2D eigenvalue weighted by atomic mass is 10.1. The van der Waals surface area contributed by atoms with Crippen molar-refractivity contribution in [2.24, 2.45) is 0 Å². The van der Waals surface area contributed by atoms with Crippen LogP contribution in [0, 0.1) is 29.1 Å². The Morgan fingerprint density at radius 2 is 1.57 bits per heavy atom. The van der Waals surface area contributed by atoms with Crippen LogP contribution in [0.25, 0.3) is 0 Å². The van der Waals surface area contributed by atoms with Crippen LogP contribution in [0.15, 0.2) is 36.5 Å². The molecule has 2 aromatic carbocycles. The van der Waals surface area contributed by atoms with E-state index in [1.807, 2.05) is 0 Å². The first-order chi connectivity index (χ1) is 13.3. The summed E-state index contributed by atoms with van der Waals surface area (Å²) in [6.07, 6.45) is 0.313. The number of hydrogen-bond acceptors (Lipinski definition) is 2. The van der Waals surface area contributed by atoms with Gasteiger partial charge >= 0.3 is 0 Å². The summed E-state index contributed by atoms with van der Waals surface area (Å²) >= 11 is 6.07. The SMILES string of the molecule is O=C(Cc1c(F)c(F)c(F)c(F)c1F)Nc1ccnn1Cc1ccccc1Cl. The molecule has 4 nitrogen and oxygen atoms in total. The van der Waals surface area contributed by atoms with E-state index in [0.717, 1.165) is 0 Å². The number of nitrogens with one attached hydrogen (secondary N) is 1. The Balaban J connectivity index is 1.79. The Morgan fingerprint density at radius 3 is 2.21 bits per heavy atom. The van der Waals surface area contributed by atoms with E-state index >= 15 is 0 Å². The molecule has 0 bridgehead atoms. The molecule has 28 heavy (non-hydrogen) atoms. The molecule has 0 aliphatic carbocycles. The minimum atomic E-state index is -2.28. The van der Waals surface area contributed by atoms with E-state index < -0.39 is 47.0 Å². The molecule has 1 aromatic heterocycles. The number of halogens is 6. The van der Waals surface area contributed by atoms with Crippen molar-refractivity contribution in [3.63, 3.8) is 0 Å². The average Bonchev–Trinajstić information content (AvgIpc) is 3.10. The molecule has 3 rings (SSSR count). The Kier molecular flexibility index (Phi) is 5.64. The number of carbonyl (C=O) groups excluding carboxylic acids is 1. The van der Waals surface area contributed by atoms with E-state index in [-0.39, 0.29) is 12.4 Å². The summed E-state index contributed by atoms with van der Waals surface area (Å²) in [6.45, 7) is 0.185. The highest BCUT2D eigenvalue weighted by Gasteiger charge is 2.27. The third-order valence-electron chi connectivity index (χ3n) is 3.90. The topological polar surface area (TPSA) is 46.9 Å². The highest BCUT2D eigenvalue weighted by atomic mass is 35.5. The summed E-state index contributed by atoms with van der Waals surface area (Å²) in [7, 11) is 0. The van der Waals surface area contributed by atoms with Crippen LogP contribution in [0.3, 0.4) is 0 Å².